The van der Waals surface area contributed by atoms with Gasteiger partial charge < -0.3 is 25.0 Å². The van der Waals surface area contributed by atoms with E-state index >= 15 is 0 Å². The van der Waals surface area contributed by atoms with Gasteiger partial charge in [-0.1, -0.05) is 22.6 Å². The summed E-state index contributed by atoms with van der Waals surface area (Å²) in [5.41, 5.74) is -1.18. The second kappa shape index (κ2) is 11.1. The smallest absolute Gasteiger partial charge is 0.348 e. The van der Waals surface area contributed by atoms with E-state index in [1.54, 1.807) is 6.07 Å². The molecule has 25 heavy (non-hydrogen) atoms. The van der Waals surface area contributed by atoms with Crippen LogP contribution in [0.4, 0.5) is 0 Å². The Kier molecular flexibility index (Phi) is 9.87. The SMILES string of the molecule is CC(=O)N(CCO)CC(CO)(CO)COC(=O)c1ccc(CCI)s1. The van der Waals surface area contributed by atoms with Crippen molar-refractivity contribution in [2.45, 2.75) is 13.3 Å². The number of aliphatic hydroxyl groups excluding tert-OH is 3. The first-order valence-electron chi connectivity index (χ1n) is 7.81. The zero-order chi connectivity index (χ0) is 18.9. The molecule has 0 spiro atoms. The summed E-state index contributed by atoms with van der Waals surface area (Å²) in [7, 11) is 0. The van der Waals surface area contributed by atoms with E-state index in [-0.39, 0.29) is 32.2 Å². The fourth-order valence-electron chi connectivity index (χ4n) is 2.17. The Labute approximate surface area is 164 Å². The summed E-state index contributed by atoms with van der Waals surface area (Å²) >= 11 is 3.62. The van der Waals surface area contributed by atoms with Gasteiger partial charge in [0.25, 0.3) is 0 Å². The Hall–Kier alpha value is -0.750. The molecule has 1 aromatic rings. The van der Waals surface area contributed by atoms with Gasteiger partial charge in [-0.15, -0.1) is 11.3 Å². The molecule has 1 rings (SSSR count). The van der Waals surface area contributed by atoms with Crippen molar-refractivity contribution < 1.29 is 29.6 Å². The van der Waals surface area contributed by atoms with Crippen LogP contribution in [0.3, 0.4) is 0 Å². The molecule has 0 fully saturated rings. The van der Waals surface area contributed by atoms with Gasteiger partial charge in [-0.3, -0.25) is 4.79 Å². The monoisotopic (exact) mass is 485 g/mol. The predicted molar refractivity (Wildman–Crippen MR) is 103 cm³/mol. The van der Waals surface area contributed by atoms with Crippen LogP contribution in [0, 0.1) is 5.41 Å². The van der Waals surface area contributed by atoms with Crippen LogP contribution in [0.15, 0.2) is 12.1 Å². The summed E-state index contributed by atoms with van der Waals surface area (Å²) in [4.78, 5) is 26.7. The zero-order valence-electron chi connectivity index (χ0n) is 14.1. The summed E-state index contributed by atoms with van der Waals surface area (Å²) in [6.07, 6.45) is 0.879. The molecule has 142 valence electrons. The number of carbonyl (C=O) groups excluding carboxylic acids is 2. The van der Waals surface area contributed by atoms with Gasteiger partial charge in [0.15, 0.2) is 0 Å². The molecular weight excluding hydrogens is 461 g/mol. The van der Waals surface area contributed by atoms with Crippen molar-refractivity contribution in [3.63, 3.8) is 0 Å². The maximum absolute atomic E-state index is 12.2. The maximum atomic E-state index is 12.2. The minimum absolute atomic E-state index is 0.0201. The quantitative estimate of drug-likeness (QED) is 0.242. The van der Waals surface area contributed by atoms with E-state index < -0.39 is 24.6 Å². The predicted octanol–water partition coefficient (Wildman–Crippen LogP) is 0.694. The standard InChI is InChI=1S/C16H24INO6S/c1-12(22)18(6-7-19)8-16(9-20,10-21)11-24-15(23)14-3-2-13(25-14)4-5-17/h2-3,19-21H,4-11H2,1H3. The van der Waals surface area contributed by atoms with Gasteiger partial charge in [-0.05, 0) is 18.6 Å². The van der Waals surface area contributed by atoms with E-state index in [4.69, 9.17) is 9.84 Å². The van der Waals surface area contributed by atoms with Crippen LogP contribution in [0.5, 0.6) is 0 Å². The van der Waals surface area contributed by atoms with E-state index in [2.05, 4.69) is 22.6 Å². The number of esters is 1. The third kappa shape index (κ3) is 6.81. The van der Waals surface area contributed by atoms with Crippen molar-refractivity contribution in [1.29, 1.82) is 0 Å². The largest absolute Gasteiger partial charge is 0.461 e. The number of hydrogen-bond acceptors (Lipinski definition) is 7. The van der Waals surface area contributed by atoms with Gasteiger partial charge in [0.05, 0.1) is 25.2 Å². The number of nitrogens with zero attached hydrogens (tertiary/aromatic N) is 1. The van der Waals surface area contributed by atoms with Gasteiger partial charge >= 0.3 is 5.97 Å². The van der Waals surface area contributed by atoms with Crippen LogP contribution in [-0.4, -0.2) is 76.0 Å². The molecule has 1 heterocycles. The Balaban J connectivity index is 2.75. The van der Waals surface area contributed by atoms with E-state index in [1.165, 1.54) is 23.2 Å². The van der Waals surface area contributed by atoms with Crippen molar-refractivity contribution in [2.75, 3.05) is 43.9 Å². The molecule has 1 amide bonds. The molecule has 1 aromatic heterocycles. The molecule has 7 nitrogen and oxygen atoms in total. The van der Waals surface area contributed by atoms with E-state index in [0.29, 0.717) is 4.88 Å². The second-order valence-corrected chi connectivity index (χ2v) is 8.01. The van der Waals surface area contributed by atoms with Crippen LogP contribution in [0.25, 0.3) is 0 Å². The number of aryl methyl sites for hydroxylation is 1. The topological polar surface area (TPSA) is 107 Å². The number of rotatable bonds is 11. The summed E-state index contributed by atoms with van der Waals surface area (Å²) < 4.78 is 6.23. The third-order valence-corrected chi connectivity index (χ3v) is 5.39. The number of alkyl halides is 1. The van der Waals surface area contributed by atoms with E-state index in [9.17, 15) is 19.8 Å². The summed E-state index contributed by atoms with van der Waals surface area (Å²) in [5.74, 6) is -0.819. The number of carbonyl (C=O) groups is 2. The molecule has 0 radical (unpaired) electrons. The minimum Gasteiger partial charge on any atom is -0.461 e. The lowest BCUT2D eigenvalue weighted by atomic mass is 9.90. The molecule has 0 atom stereocenters. The molecule has 0 saturated heterocycles. The van der Waals surface area contributed by atoms with Gasteiger partial charge in [0.1, 0.15) is 11.5 Å². The average molecular weight is 485 g/mol. The van der Waals surface area contributed by atoms with Gasteiger partial charge in [0.2, 0.25) is 5.91 Å². The number of aliphatic hydroxyl groups is 3. The maximum Gasteiger partial charge on any atom is 0.348 e. The molecule has 0 unspecified atom stereocenters. The number of halogens is 1. The van der Waals surface area contributed by atoms with Crippen molar-refractivity contribution in [3.05, 3.63) is 21.9 Å². The molecule has 0 aliphatic heterocycles. The highest BCUT2D eigenvalue weighted by atomic mass is 127. The summed E-state index contributed by atoms with van der Waals surface area (Å²) in [6.45, 7) is 0.00641. The fourth-order valence-corrected chi connectivity index (χ4v) is 4.01. The first-order valence-corrected chi connectivity index (χ1v) is 10.2. The van der Waals surface area contributed by atoms with E-state index in [1.807, 2.05) is 6.07 Å². The lowest BCUT2D eigenvalue weighted by molar-refractivity contribution is -0.133. The summed E-state index contributed by atoms with van der Waals surface area (Å²) in [5, 5.41) is 28.4. The number of ether oxygens (including phenoxy) is 1. The first kappa shape index (κ1) is 22.3. The fraction of sp³-hybridized carbons (Fsp3) is 0.625. The minimum atomic E-state index is -1.18. The van der Waals surface area contributed by atoms with Crippen LogP contribution in [0.2, 0.25) is 0 Å². The molecular formula is C16H24INO6S. The molecule has 9 heteroatoms. The van der Waals surface area contributed by atoms with E-state index in [0.717, 1.165) is 15.7 Å². The lowest BCUT2D eigenvalue weighted by Crippen LogP contribution is -2.48. The van der Waals surface area contributed by atoms with Gasteiger partial charge in [0, 0.05) is 29.3 Å². The molecule has 0 bridgehead atoms. The lowest BCUT2D eigenvalue weighted by Gasteiger charge is -2.34. The Morgan fingerprint density at radius 2 is 1.96 bits per heavy atom. The van der Waals surface area contributed by atoms with Crippen LogP contribution >= 0.6 is 33.9 Å². The average Bonchev–Trinajstić information content (AvgIpc) is 3.06. The van der Waals surface area contributed by atoms with Crippen LogP contribution in [-0.2, 0) is 16.0 Å². The van der Waals surface area contributed by atoms with Crippen molar-refractivity contribution in [3.8, 4) is 0 Å². The highest BCUT2D eigenvalue weighted by molar-refractivity contribution is 14.1. The molecule has 3 N–H and O–H groups in total. The highest BCUT2D eigenvalue weighted by Gasteiger charge is 2.34. The molecule has 0 aliphatic rings. The Morgan fingerprint density at radius 3 is 2.48 bits per heavy atom. The number of amides is 1. The Morgan fingerprint density at radius 1 is 1.28 bits per heavy atom. The van der Waals surface area contributed by atoms with Crippen LogP contribution < -0.4 is 0 Å². The van der Waals surface area contributed by atoms with Crippen LogP contribution in [0.1, 0.15) is 21.5 Å². The van der Waals surface area contributed by atoms with Gasteiger partial charge in [-0.25, -0.2) is 4.79 Å². The van der Waals surface area contributed by atoms with Crippen molar-refractivity contribution in [1.82, 2.24) is 4.90 Å². The highest BCUT2D eigenvalue weighted by Crippen LogP contribution is 2.22. The zero-order valence-corrected chi connectivity index (χ0v) is 17.1. The normalized spacial score (nSPS) is 11.4. The molecule has 0 aromatic carbocycles. The first-order chi connectivity index (χ1) is 11.9. The summed E-state index contributed by atoms with van der Waals surface area (Å²) in [6, 6.07) is 3.58. The number of hydrogen-bond donors (Lipinski definition) is 3. The molecule has 0 aliphatic carbocycles. The Bertz CT molecular complexity index is 561. The second-order valence-electron chi connectivity index (χ2n) is 5.76. The number of thiophene rings is 1. The third-order valence-electron chi connectivity index (χ3n) is 3.73. The van der Waals surface area contributed by atoms with Crippen molar-refractivity contribution in [2.24, 2.45) is 5.41 Å². The molecule has 0 saturated carbocycles. The van der Waals surface area contributed by atoms with Gasteiger partial charge in [-0.2, -0.15) is 0 Å². The van der Waals surface area contributed by atoms with Crippen molar-refractivity contribution >= 4 is 45.8 Å².